The van der Waals surface area contributed by atoms with Gasteiger partial charge in [0.25, 0.3) is 0 Å². The van der Waals surface area contributed by atoms with Crippen LogP contribution in [-0.4, -0.2) is 205 Å². The van der Waals surface area contributed by atoms with Crippen LogP contribution in [0.4, 0.5) is 5.69 Å². The molecular formula is C65H83N14O16S2Tc. The molecule has 1 saturated heterocycles. The zero-order chi connectivity index (χ0) is 72.2. The number of para-hydroxylation sites is 1. The van der Waals surface area contributed by atoms with Gasteiger partial charge in [-0.2, -0.15) is 11.8 Å². The first kappa shape index (κ1) is 79.9. The first-order valence-corrected chi connectivity index (χ1v) is 33.7. The Bertz CT molecular complexity index is 3550. The van der Waals surface area contributed by atoms with Crippen molar-refractivity contribution >= 4 is 106 Å². The van der Waals surface area contributed by atoms with Gasteiger partial charge < -0.3 is 108 Å². The number of phenols is 1. The summed E-state index contributed by atoms with van der Waals surface area (Å²) in [5.74, 6) is -11.7. The number of H-pyrrole nitrogens is 1. The van der Waals surface area contributed by atoms with Crippen LogP contribution in [0.2, 0.25) is 0 Å². The second kappa shape index (κ2) is 40.2. The Hall–Kier alpha value is -8.82. The maximum atomic E-state index is 15.2. The average Bonchev–Trinajstić information content (AvgIpc) is 1.03. The van der Waals surface area contributed by atoms with Crippen molar-refractivity contribution in [3.8, 4) is 5.75 Å². The minimum absolute atomic E-state index is 0.0145. The van der Waals surface area contributed by atoms with Gasteiger partial charge in [0, 0.05) is 61.7 Å². The fraction of sp³-hybridized carbons (Fsp3) is 0.431. The molecule has 4 aromatic carbocycles. The van der Waals surface area contributed by atoms with Crippen molar-refractivity contribution in [2.45, 2.75) is 138 Å². The molecule has 2 heterocycles. The number of aliphatic imine (C=N–C) groups is 2. The number of aromatic nitrogens is 1. The molecule has 18 N–H and O–H groups in total. The fourth-order valence-electron chi connectivity index (χ4n) is 10.3. The second-order valence-electron chi connectivity index (χ2n) is 23.2. The monoisotopic (exact) mass is 1480 g/mol. The molecule has 0 bridgehead atoms. The molecule has 30 nitrogen and oxygen atoms in total. The molecule has 0 unspecified atom stereocenters. The Morgan fingerprint density at radius 2 is 1.29 bits per heavy atom. The third-order valence-corrected chi connectivity index (χ3v) is 17.1. The van der Waals surface area contributed by atoms with E-state index in [0.29, 0.717) is 40.8 Å². The first-order valence-electron chi connectivity index (χ1n) is 31.2. The summed E-state index contributed by atoms with van der Waals surface area (Å²) in [7, 11) is 1.30. The van der Waals surface area contributed by atoms with Gasteiger partial charge in [-0.25, -0.2) is 4.79 Å². The number of amides is 8. The molecule has 5 aromatic rings. The number of carboxylic acids is 1. The molecule has 1 aromatic heterocycles. The number of aliphatic hydroxyl groups excluding tert-OH is 2. The number of aromatic amines is 1. The van der Waals surface area contributed by atoms with E-state index in [0.717, 1.165) is 53.3 Å². The van der Waals surface area contributed by atoms with Gasteiger partial charge in [-0.1, -0.05) is 72.8 Å². The van der Waals surface area contributed by atoms with Gasteiger partial charge in [0.2, 0.25) is 47.3 Å². The molecule has 0 spiro atoms. The minimum atomic E-state index is -1.76. The van der Waals surface area contributed by atoms with E-state index in [9.17, 15) is 59.4 Å². The van der Waals surface area contributed by atoms with Gasteiger partial charge >= 0.3 is 28.3 Å². The van der Waals surface area contributed by atoms with E-state index in [1.165, 1.54) is 50.4 Å². The van der Waals surface area contributed by atoms with E-state index < -0.39 is 150 Å². The Morgan fingerprint density at radius 1 is 0.714 bits per heavy atom. The summed E-state index contributed by atoms with van der Waals surface area (Å²) in [4.78, 5) is 139. The molecule has 33 heteroatoms. The number of hydrogen-bond donors (Lipinski definition) is 15. The maximum absolute atomic E-state index is 15.2. The SMILES string of the molecule is C[C@@H](O)[C@H](NC(=O)[C@H](C[S-])N=C([O-])[C@H](Cc1ccc(N)cc1)N=C([O-])[C@@H](N)CNC(=O)CSCC[C@H]1C(=O)N[C@@H](Cc2ccc(O)cc2)C(=O)N[C@H](Cc2c[nH]c3ccccc23)C(=O)N[C@@H](CCCCN)C(=O)N[C@@H]([C@@H](C)O)C(=O)N[C@@H](Cc2ccccc2)C(=O)N1C)C(=O)O.[O]=[99Tc+3]. The van der Waals surface area contributed by atoms with Crippen LogP contribution in [0.1, 0.15) is 61.8 Å². The summed E-state index contributed by atoms with van der Waals surface area (Å²) in [6.45, 7) is 2.12. The normalized spacial score (nSPS) is 20.4. The summed E-state index contributed by atoms with van der Waals surface area (Å²) in [6.07, 6.45) is -1.64. The van der Waals surface area contributed by atoms with Crippen LogP contribution in [0.5, 0.6) is 5.75 Å². The molecule has 1 aliphatic heterocycles. The number of likely N-dealkylation sites (N-methyl/N-ethyl adjacent to an activating group) is 1. The van der Waals surface area contributed by atoms with Crippen molar-refractivity contribution in [3.63, 3.8) is 0 Å². The van der Waals surface area contributed by atoms with E-state index in [1.54, 1.807) is 54.7 Å². The van der Waals surface area contributed by atoms with Crippen LogP contribution in [0, 0.1) is 0 Å². The van der Waals surface area contributed by atoms with Gasteiger partial charge in [0.15, 0.2) is 6.04 Å². The second-order valence-corrected chi connectivity index (χ2v) is 24.7. The molecule has 12 atom stereocenters. The predicted molar refractivity (Wildman–Crippen MR) is 359 cm³/mol. The summed E-state index contributed by atoms with van der Waals surface area (Å²) in [5, 5.41) is 86.9. The number of nitrogens with one attached hydrogen (secondary N) is 8. The first-order chi connectivity index (χ1) is 46.8. The summed E-state index contributed by atoms with van der Waals surface area (Å²) in [5.41, 5.74) is 21.1. The van der Waals surface area contributed by atoms with Crippen molar-refractivity contribution in [1.82, 2.24) is 47.1 Å². The number of nitrogen functional groups attached to an aromatic ring is 1. The number of anilines is 1. The Morgan fingerprint density at radius 3 is 1.92 bits per heavy atom. The number of thioether (sulfide) groups is 1. The van der Waals surface area contributed by atoms with Crippen molar-refractivity contribution in [1.29, 1.82) is 0 Å². The van der Waals surface area contributed by atoms with Crippen LogP contribution in [0.15, 0.2) is 119 Å². The van der Waals surface area contributed by atoms with Crippen LogP contribution in [0.3, 0.4) is 0 Å². The number of unbranched alkanes of at least 4 members (excludes halogenated alkanes) is 1. The number of carbonyl (C=O) groups is 9. The topological polar surface area (TPSA) is 504 Å². The number of aliphatic carboxylic acids is 1. The average molecular weight is 1480 g/mol. The molecule has 0 saturated carbocycles. The summed E-state index contributed by atoms with van der Waals surface area (Å²) in [6, 6.07) is 12.3. The van der Waals surface area contributed by atoms with Gasteiger partial charge in [0.05, 0.1) is 24.0 Å². The molecule has 0 aliphatic carbocycles. The molecule has 8 amide bonds. The van der Waals surface area contributed by atoms with Crippen LogP contribution in [0.25, 0.3) is 10.9 Å². The zero-order valence-electron chi connectivity index (χ0n) is 54.0. The van der Waals surface area contributed by atoms with Crippen molar-refractivity contribution < 1.29 is 96.1 Å². The standard InChI is InChI=1S/C65H86N14O15S2.O.Tc/c1-35(80)54-63(91)75-50(29-37-11-5-4-6-12-37)64(92)79(3)52(24-26-96-34-53(83)70-32-44(68)56(84)72-47(27-38-16-20-41(67)21-17-38)59(87)76-51(33-95)61(89)78-55(36(2)81)65(93)94)62(90)74-48(28-39-18-22-42(82)23-19-39)58(86)73-49(30-40-31-69-45-14-8-7-13-43(40)45)60(88)71-46(57(85)77-54)15-9-10-25-66;;/h4-8,11-14,16-23,31,35-36,44,46-52,54-55,69,80-82,95H,9-10,15,24-30,32-34,66-68H2,1-3H3,(H,70,83)(H,71,88)(H,72,84)(H,73,86)(H,74,90)(H,75,91)(H,76,87)(H,77,85)(H,78,89)(H,93,94);;/q;;+3/p-3/t35-,36-,44+,46+,47+,48+,49-,50+,51+,52+,54+,55+;;/m1../s1/i;;1+1. The molecule has 1 fully saturated rings. The number of carbonyl (C=O) groups excluding carboxylic acids is 8. The molecule has 1 aliphatic rings. The van der Waals surface area contributed by atoms with Gasteiger partial charge in [-0.05, 0) is 123 Å². The molecule has 6 rings (SSSR count). The van der Waals surface area contributed by atoms with Crippen molar-refractivity contribution in [3.05, 3.63) is 132 Å². The van der Waals surface area contributed by atoms with Gasteiger partial charge in [-0.3, -0.25) is 48.3 Å². The van der Waals surface area contributed by atoms with E-state index in [-0.39, 0.29) is 62.3 Å². The van der Waals surface area contributed by atoms with Crippen molar-refractivity contribution in [2.75, 3.05) is 43.1 Å². The number of aliphatic hydroxyl groups is 2. The Balaban J connectivity index is 0.00000859. The zero-order valence-corrected chi connectivity index (χ0v) is 57.5. The third kappa shape index (κ3) is 24.6. The Kier molecular flexibility index (Phi) is 32.7. The predicted octanol–water partition coefficient (Wildman–Crippen LogP) is -3.30. The quantitative estimate of drug-likeness (QED) is 0.00733. The molecule has 528 valence electrons. The summed E-state index contributed by atoms with van der Waals surface area (Å²) < 4.78 is 8.22. The molecular weight excluding hydrogens is 1400 g/mol. The molecule has 0 radical (unpaired) electrons. The number of benzene rings is 4. The fourth-order valence-corrected chi connectivity index (χ4v) is 11.4. The van der Waals surface area contributed by atoms with Gasteiger partial charge in [-0.15, -0.1) is 5.75 Å². The number of nitrogens with two attached hydrogens (primary N) is 3. The van der Waals surface area contributed by atoms with Crippen molar-refractivity contribution in [2.24, 2.45) is 21.5 Å². The van der Waals surface area contributed by atoms with E-state index in [4.69, 9.17) is 33.3 Å². The number of carboxylic acid groups (broad SMARTS) is 1. The number of aromatic hydroxyl groups is 1. The summed E-state index contributed by atoms with van der Waals surface area (Å²) >= 11 is 6.93. The van der Waals surface area contributed by atoms with Crippen LogP contribution in [-0.2, 0) is 104 Å². The van der Waals surface area contributed by atoms with E-state index >= 15 is 14.4 Å². The van der Waals surface area contributed by atoms with Crippen LogP contribution < -0.4 is 64.6 Å². The van der Waals surface area contributed by atoms with E-state index in [1.807, 2.05) is 18.2 Å². The van der Waals surface area contributed by atoms with E-state index in [2.05, 4.69) is 52.2 Å². The third-order valence-electron chi connectivity index (χ3n) is 15.8. The van der Waals surface area contributed by atoms with Crippen LogP contribution >= 0.6 is 11.8 Å². The number of fused-ring (bicyclic) bond motifs is 1. The Labute approximate surface area is 585 Å². The molecule has 98 heavy (non-hydrogen) atoms. The number of hydrogen-bond acceptors (Lipinski definition) is 22. The number of nitrogens with zero attached hydrogens (tertiary/aromatic N) is 3. The van der Waals surface area contributed by atoms with Gasteiger partial charge in [0.1, 0.15) is 48.0 Å². The number of phenolic OH excluding ortho intramolecular Hbond substituents is 1. The number of rotatable bonds is 29.